The van der Waals surface area contributed by atoms with Crippen molar-refractivity contribution in [2.75, 3.05) is 14.2 Å². The van der Waals surface area contributed by atoms with E-state index in [-0.39, 0.29) is 5.78 Å². The van der Waals surface area contributed by atoms with Crippen molar-refractivity contribution >= 4 is 22.8 Å². The standard InChI is InChI=1S/C28H25NO5/c1-17-25(33-16-18-6-5-7-20(12-18)31-3)11-9-22-27(30)26(34-28(17)22)13-19-15-29(2)24-10-8-21(32-4)14-23(19)24/h5-15H,16H2,1-4H3/b26-13+. The second kappa shape index (κ2) is 8.63. The highest BCUT2D eigenvalue weighted by Gasteiger charge is 2.30. The van der Waals surface area contributed by atoms with Crippen LogP contribution in [0.5, 0.6) is 23.0 Å². The fraction of sp³-hybridized carbons (Fsp3) is 0.179. The molecule has 4 aromatic rings. The number of carbonyl (C=O) groups is 1. The number of ketones is 1. The zero-order chi connectivity index (χ0) is 23.8. The van der Waals surface area contributed by atoms with E-state index < -0.39 is 0 Å². The molecular weight excluding hydrogens is 430 g/mol. The third kappa shape index (κ3) is 3.77. The average Bonchev–Trinajstić information content (AvgIpc) is 3.35. The lowest BCUT2D eigenvalue weighted by molar-refractivity contribution is 0.101. The molecule has 1 aliphatic rings. The first-order chi connectivity index (χ1) is 16.5. The summed E-state index contributed by atoms with van der Waals surface area (Å²) in [6.07, 6.45) is 3.77. The first-order valence-corrected chi connectivity index (χ1v) is 10.9. The summed E-state index contributed by atoms with van der Waals surface area (Å²) in [5, 5.41) is 0.987. The molecule has 1 aromatic heterocycles. The van der Waals surface area contributed by atoms with Gasteiger partial charge in [0.15, 0.2) is 5.76 Å². The van der Waals surface area contributed by atoms with Gasteiger partial charge >= 0.3 is 0 Å². The van der Waals surface area contributed by atoms with Gasteiger partial charge in [-0.1, -0.05) is 12.1 Å². The van der Waals surface area contributed by atoms with Gasteiger partial charge in [-0.25, -0.2) is 0 Å². The maximum absolute atomic E-state index is 13.1. The van der Waals surface area contributed by atoms with Crippen molar-refractivity contribution in [3.8, 4) is 23.0 Å². The number of benzene rings is 3. The summed E-state index contributed by atoms with van der Waals surface area (Å²) < 4.78 is 24.8. The Morgan fingerprint density at radius 1 is 1.00 bits per heavy atom. The molecule has 0 fully saturated rings. The van der Waals surface area contributed by atoms with Crippen LogP contribution in [0.1, 0.15) is 27.0 Å². The minimum absolute atomic E-state index is 0.141. The molecule has 0 aliphatic carbocycles. The van der Waals surface area contributed by atoms with Gasteiger partial charge in [0.1, 0.15) is 29.6 Å². The van der Waals surface area contributed by atoms with Crippen molar-refractivity contribution in [3.05, 3.63) is 88.8 Å². The highest BCUT2D eigenvalue weighted by molar-refractivity contribution is 6.15. The van der Waals surface area contributed by atoms with Gasteiger partial charge in [0, 0.05) is 35.3 Å². The average molecular weight is 456 g/mol. The van der Waals surface area contributed by atoms with E-state index in [4.69, 9.17) is 18.9 Å². The molecule has 2 heterocycles. The molecule has 0 spiro atoms. The molecule has 0 amide bonds. The van der Waals surface area contributed by atoms with Gasteiger partial charge in [-0.05, 0) is 61.0 Å². The van der Waals surface area contributed by atoms with Gasteiger partial charge in [-0.2, -0.15) is 0 Å². The summed E-state index contributed by atoms with van der Waals surface area (Å²) in [5.74, 6) is 2.90. The SMILES string of the molecule is COc1cccc(COc2ccc3c(c2C)O/C(=C/c2cn(C)c4ccc(OC)cc24)C3=O)c1. The minimum atomic E-state index is -0.141. The number of carbonyl (C=O) groups excluding carboxylic acids is 1. The Balaban J connectivity index is 1.43. The molecule has 0 saturated heterocycles. The van der Waals surface area contributed by atoms with Crippen LogP contribution < -0.4 is 18.9 Å². The normalized spacial score (nSPS) is 13.8. The molecule has 0 bridgehead atoms. The molecule has 1 aliphatic heterocycles. The lowest BCUT2D eigenvalue weighted by atomic mass is 10.1. The van der Waals surface area contributed by atoms with Crippen LogP contribution in [0.3, 0.4) is 0 Å². The van der Waals surface area contributed by atoms with Crippen LogP contribution in [0.15, 0.2) is 66.6 Å². The first-order valence-electron chi connectivity index (χ1n) is 10.9. The number of nitrogens with zero attached hydrogens (tertiary/aromatic N) is 1. The molecular formula is C28H25NO5. The van der Waals surface area contributed by atoms with E-state index in [1.807, 2.05) is 73.3 Å². The molecule has 34 heavy (non-hydrogen) atoms. The summed E-state index contributed by atoms with van der Waals surface area (Å²) in [5.41, 5.74) is 4.25. The van der Waals surface area contributed by atoms with Crippen LogP contribution in [-0.2, 0) is 13.7 Å². The highest BCUT2D eigenvalue weighted by Crippen LogP contribution is 2.40. The van der Waals surface area contributed by atoms with Gasteiger partial charge in [0.25, 0.3) is 0 Å². The number of Topliss-reactive ketones (excluding diaryl/α,β-unsaturated/α-hetero) is 1. The van der Waals surface area contributed by atoms with E-state index in [1.165, 1.54) is 0 Å². The Morgan fingerprint density at radius 3 is 2.59 bits per heavy atom. The molecule has 0 atom stereocenters. The second-order valence-corrected chi connectivity index (χ2v) is 8.22. The number of fused-ring (bicyclic) bond motifs is 2. The van der Waals surface area contributed by atoms with Gasteiger partial charge in [-0.15, -0.1) is 0 Å². The molecule has 0 N–H and O–H groups in total. The number of aryl methyl sites for hydroxylation is 1. The van der Waals surface area contributed by atoms with Crippen LogP contribution in [0.25, 0.3) is 17.0 Å². The third-order valence-electron chi connectivity index (χ3n) is 6.08. The summed E-state index contributed by atoms with van der Waals surface area (Å²) in [7, 11) is 5.25. The Hall–Kier alpha value is -4.19. The van der Waals surface area contributed by atoms with E-state index >= 15 is 0 Å². The lowest BCUT2D eigenvalue weighted by Crippen LogP contribution is -1.99. The molecule has 6 nitrogen and oxygen atoms in total. The number of allylic oxidation sites excluding steroid dienone is 1. The van der Waals surface area contributed by atoms with Crippen molar-refractivity contribution < 1.29 is 23.7 Å². The second-order valence-electron chi connectivity index (χ2n) is 8.22. The number of hydrogen-bond acceptors (Lipinski definition) is 5. The molecule has 0 saturated carbocycles. The smallest absolute Gasteiger partial charge is 0.231 e. The van der Waals surface area contributed by atoms with Gasteiger partial charge in [0.2, 0.25) is 5.78 Å². The molecule has 172 valence electrons. The summed E-state index contributed by atoms with van der Waals surface area (Å²) in [4.78, 5) is 13.1. The van der Waals surface area contributed by atoms with Gasteiger partial charge in [0.05, 0.1) is 19.8 Å². The predicted octanol–water partition coefficient (Wildman–Crippen LogP) is 5.70. The quantitative estimate of drug-likeness (QED) is 0.349. The van der Waals surface area contributed by atoms with Crippen LogP contribution in [0.2, 0.25) is 0 Å². The van der Waals surface area contributed by atoms with E-state index in [2.05, 4.69) is 0 Å². The summed E-state index contributed by atoms with van der Waals surface area (Å²) in [6, 6.07) is 17.2. The van der Waals surface area contributed by atoms with Gasteiger partial charge in [-0.3, -0.25) is 4.79 Å². The summed E-state index contributed by atoms with van der Waals surface area (Å²) >= 11 is 0. The van der Waals surface area contributed by atoms with E-state index in [0.29, 0.717) is 29.4 Å². The van der Waals surface area contributed by atoms with Crippen molar-refractivity contribution in [3.63, 3.8) is 0 Å². The number of rotatable bonds is 6. The number of ether oxygens (including phenoxy) is 4. The Labute approximate surface area is 197 Å². The highest BCUT2D eigenvalue weighted by atomic mass is 16.5. The maximum atomic E-state index is 13.1. The van der Waals surface area contributed by atoms with Crippen LogP contribution in [-0.4, -0.2) is 24.6 Å². The molecule has 0 radical (unpaired) electrons. The largest absolute Gasteiger partial charge is 0.497 e. The minimum Gasteiger partial charge on any atom is -0.497 e. The number of methoxy groups -OCH3 is 2. The third-order valence-corrected chi connectivity index (χ3v) is 6.08. The fourth-order valence-electron chi connectivity index (χ4n) is 4.23. The van der Waals surface area contributed by atoms with Crippen molar-refractivity contribution in [2.45, 2.75) is 13.5 Å². The van der Waals surface area contributed by atoms with Crippen LogP contribution >= 0.6 is 0 Å². The maximum Gasteiger partial charge on any atom is 0.231 e. The van der Waals surface area contributed by atoms with Crippen molar-refractivity contribution in [1.29, 1.82) is 0 Å². The molecule has 3 aromatic carbocycles. The van der Waals surface area contributed by atoms with Crippen LogP contribution in [0, 0.1) is 6.92 Å². The van der Waals surface area contributed by atoms with Crippen molar-refractivity contribution in [2.24, 2.45) is 7.05 Å². The molecule has 0 unspecified atom stereocenters. The zero-order valence-corrected chi connectivity index (χ0v) is 19.5. The zero-order valence-electron chi connectivity index (χ0n) is 19.5. The Bertz CT molecular complexity index is 1450. The summed E-state index contributed by atoms with van der Waals surface area (Å²) in [6.45, 7) is 2.28. The topological polar surface area (TPSA) is 58.9 Å². The van der Waals surface area contributed by atoms with Crippen molar-refractivity contribution in [1.82, 2.24) is 4.57 Å². The Morgan fingerprint density at radius 2 is 1.79 bits per heavy atom. The molecule has 5 rings (SSSR count). The van der Waals surface area contributed by atoms with Gasteiger partial charge < -0.3 is 23.5 Å². The fourth-order valence-corrected chi connectivity index (χ4v) is 4.23. The first kappa shape index (κ1) is 21.6. The number of aromatic nitrogens is 1. The molecule has 6 heteroatoms. The van der Waals surface area contributed by atoms with E-state index in [9.17, 15) is 4.79 Å². The monoisotopic (exact) mass is 455 g/mol. The predicted molar refractivity (Wildman–Crippen MR) is 131 cm³/mol. The van der Waals surface area contributed by atoms with E-state index in [1.54, 1.807) is 26.4 Å². The lowest BCUT2D eigenvalue weighted by Gasteiger charge is -2.12. The van der Waals surface area contributed by atoms with E-state index in [0.717, 1.165) is 39.1 Å². The Kier molecular flexibility index (Phi) is 5.49. The van der Waals surface area contributed by atoms with Crippen LogP contribution in [0.4, 0.5) is 0 Å². The number of hydrogen-bond donors (Lipinski definition) is 0.